The van der Waals surface area contributed by atoms with E-state index in [1.807, 2.05) is 18.2 Å². The molecule has 0 aliphatic carbocycles. The van der Waals surface area contributed by atoms with Gasteiger partial charge in [-0.05, 0) is 44.5 Å². The number of benzene rings is 1. The number of nitrogens with zero attached hydrogens (tertiary/aromatic N) is 4. The minimum atomic E-state index is 0. The molecule has 0 spiro atoms. The fourth-order valence-electron chi connectivity index (χ4n) is 2.96. The van der Waals surface area contributed by atoms with Crippen LogP contribution in [0.25, 0.3) is 11.6 Å². The summed E-state index contributed by atoms with van der Waals surface area (Å²) in [4.78, 5) is 11.4. The molecular weight excluding hydrogens is 493 g/mol. The smallest absolute Gasteiger partial charge is 0.216 e. The van der Waals surface area contributed by atoms with Crippen molar-refractivity contribution >= 4 is 35.6 Å². The van der Waals surface area contributed by atoms with E-state index in [0.29, 0.717) is 24.0 Å². The highest BCUT2D eigenvalue weighted by Gasteiger charge is 2.08. The fourth-order valence-corrected chi connectivity index (χ4v) is 2.96. The second-order valence-electron chi connectivity index (χ2n) is 6.47. The standard InChI is InChI=1S/C21H29N7O.HI/c1-3-22-21(23-13-9-14-28(4-2)17-10-6-5-7-11-17)24-16-19-25-20(27-26-19)18-12-8-15-29-18;/h5-8,10-12,15H,3-4,9,13-14,16H2,1-2H3,(H2,22,23,24)(H,25,26,27);1H. The predicted octanol–water partition coefficient (Wildman–Crippen LogP) is 3.65. The maximum absolute atomic E-state index is 5.31. The molecule has 0 radical (unpaired) electrons. The van der Waals surface area contributed by atoms with Gasteiger partial charge in [-0.25, -0.2) is 9.98 Å². The maximum Gasteiger partial charge on any atom is 0.216 e. The van der Waals surface area contributed by atoms with Crippen LogP contribution in [0, 0.1) is 0 Å². The number of hydrogen-bond donors (Lipinski definition) is 3. The minimum absolute atomic E-state index is 0. The Morgan fingerprint density at radius 1 is 1.13 bits per heavy atom. The van der Waals surface area contributed by atoms with Crippen molar-refractivity contribution in [3.8, 4) is 11.6 Å². The van der Waals surface area contributed by atoms with Crippen molar-refractivity contribution in [3.05, 3.63) is 54.6 Å². The number of rotatable bonds is 10. The van der Waals surface area contributed by atoms with Crippen LogP contribution >= 0.6 is 24.0 Å². The molecule has 0 atom stereocenters. The number of H-pyrrole nitrogens is 1. The summed E-state index contributed by atoms with van der Waals surface area (Å²) in [6, 6.07) is 14.1. The first kappa shape index (κ1) is 23.7. The summed E-state index contributed by atoms with van der Waals surface area (Å²) < 4.78 is 5.31. The zero-order valence-corrected chi connectivity index (χ0v) is 19.8. The number of aromatic nitrogens is 3. The van der Waals surface area contributed by atoms with Gasteiger partial charge in [-0.3, -0.25) is 5.10 Å². The fraction of sp³-hybridized carbons (Fsp3) is 0.381. The van der Waals surface area contributed by atoms with E-state index in [0.717, 1.165) is 38.6 Å². The predicted molar refractivity (Wildman–Crippen MR) is 131 cm³/mol. The lowest BCUT2D eigenvalue weighted by Gasteiger charge is -2.23. The van der Waals surface area contributed by atoms with E-state index in [2.05, 4.69) is 73.8 Å². The Morgan fingerprint density at radius 2 is 1.97 bits per heavy atom. The second kappa shape index (κ2) is 12.9. The van der Waals surface area contributed by atoms with Crippen molar-refractivity contribution < 1.29 is 4.42 Å². The van der Waals surface area contributed by atoms with E-state index >= 15 is 0 Å². The van der Waals surface area contributed by atoms with Crippen LogP contribution in [0.5, 0.6) is 0 Å². The van der Waals surface area contributed by atoms with Crippen LogP contribution in [0.4, 0.5) is 5.69 Å². The number of aliphatic imine (C=N–C) groups is 1. The molecule has 0 saturated carbocycles. The third kappa shape index (κ3) is 7.05. The molecule has 2 heterocycles. The number of hydrogen-bond acceptors (Lipinski definition) is 5. The normalized spacial score (nSPS) is 11.1. The second-order valence-corrected chi connectivity index (χ2v) is 6.47. The summed E-state index contributed by atoms with van der Waals surface area (Å²) in [6.07, 6.45) is 2.62. The summed E-state index contributed by atoms with van der Waals surface area (Å²) in [5, 5.41) is 13.7. The molecule has 2 aromatic heterocycles. The molecular formula is C21H30IN7O. The molecule has 3 rings (SSSR count). The lowest BCUT2D eigenvalue weighted by atomic mass is 10.2. The molecule has 0 unspecified atom stereocenters. The quantitative estimate of drug-likeness (QED) is 0.163. The monoisotopic (exact) mass is 523 g/mol. The van der Waals surface area contributed by atoms with Gasteiger partial charge in [0.05, 0.1) is 6.26 Å². The van der Waals surface area contributed by atoms with Crippen LogP contribution in [0.2, 0.25) is 0 Å². The molecule has 3 aromatic rings. The van der Waals surface area contributed by atoms with Crippen molar-refractivity contribution in [1.82, 2.24) is 25.8 Å². The van der Waals surface area contributed by atoms with Crippen LogP contribution in [-0.4, -0.2) is 47.3 Å². The van der Waals surface area contributed by atoms with Gasteiger partial charge in [-0.15, -0.1) is 29.1 Å². The molecule has 0 fully saturated rings. The van der Waals surface area contributed by atoms with Gasteiger partial charge in [0.25, 0.3) is 0 Å². The van der Waals surface area contributed by atoms with E-state index in [-0.39, 0.29) is 24.0 Å². The first-order valence-electron chi connectivity index (χ1n) is 10.1. The van der Waals surface area contributed by atoms with Crippen LogP contribution in [-0.2, 0) is 6.54 Å². The summed E-state index contributed by atoms with van der Waals surface area (Å²) in [6.45, 7) is 8.25. The Kier molecular flexibility index (Phi) is 10.2. The third-order valence-corrected chi connectivity index (χ3v) is 4.40. The minimum Gasteiger partial charge on any atom is -0.461 e. The molecule has 30 heavy (non-hydrogen) atoms. The van der Waals surface area contributed by atoms with Gasteiger partial charge in [-0.2, -0.15) is 0 Å². The van der Waals surface area contributed by atoms with Gasteiger partial charge in [-0.1, -0.05) is 18.2 Å². The summed E-state index contributed by atoms with van der Waals surface area (Å²) in [5.41, 5.74) is 1.26. The first-order valence-corrected chi connectivity index (χ1v) is 10.1. The molecule has 0 aliphatic rings. The average molecular weight is 523 g/mol. The van der Waals surface area contributed by atoms with E-state index in [9.17, 15) is 0 Å². The highest BCUT2D eigenvalue weighted by Crippen LogP contribution is 2.14. The zero-order valence-electron chi connectivity index (χ0n) is 17.5. The molecule has 0 bridgehead atoms. The molecule has 3 N–H and O–H groups in total. The zero-order chi connectivity index (χ0) is 20.3. The number of aromatic amines is 1. The van der Waals surface area contributed by atoms with Crippen molar-refractivity contribution in [1.29, 1.82) is 0 Å². The average Bonchev–Trinajstić information content (AvgIpc) is 3.44. The van der Waals surface area contributed by atoms with Gasteiger partial charge >= 0.3 is 0 Å². The molecule has 0 aliphatic heterocycles. The van der Waals surface area contributed by atoms with Crippen molar-refractivity contribution in [3.63, 3.8) is 0 Å². The van der Waals surface area contributed by atoms with E-state index in [1.165, 1.54) is 5.69 Å². The number of halogens is 1. The Hall–Kier alpha value is -2.56. The molecule has 1 aromatic carbocycles. The molecule has 0 saturated heterocycles. The number of anilines is 1. The highest BCUT2D eigenvalue weighted by atomic mass is 127. The molecule has 0 amide bonds. The van der Waals surface area contributed by atoms with Crippen LogP contribution in [0.1, 0.15) is 26.1 Å². The van der Waals surface area contributed by atoms with Crippen LogP contribution in [0.15, 0.2) is 58.1 Å². The Bertz CT molecular complexity index is 865. The molecule has 8 nitrogen and oxygen atoms in total. The number of furan rings is 1. The Labute approximate surface area is 194 Å². The van der Waals surface area contributed by atoms with Gasteiger partial charge in [0, 0.05) is 31.9 Å². The van der Waals surface area contributed by atoms with Crippen molar-refractivity contribution in [2.75, 3.05) is 31.1 Å². The van der Waals surface area contributed by atoms with E-state index < -0.39 is 0 Å². The van der Waals surface area contributed by atoms with Crippen molar-refractivity contribution in [2.24, 2.45) is 4.99 Å². The highest BCUT2D eigenvalue weighted by molar-refractivity contribution is 14.0. The van der Waals surface area contributed by atoms with Crippen molar-refractivity contribution in [2.45, 2.75) is 26.8 Å². The van der Waals surface area contributed by atoms with Gasteiger partial charge in [0.2, 0.25) is 5.82 Å². The van der Waals surface area contributed by atoms with Gasteiger partial charge < -0.3 is 20.0 Å². The first-order chi connectivity index (χ1) is 14.3. The number of guanidine groups is 1. The summed E-state index contributed by atoms with van der Waals surface area (Å²) in [7, 11) is 0. The van der Waals surface area contributed by atoms with E-state index in [1.54, 1.807) is 6.26 Å². The SMILES string of the molecule is CCNC(=NCc1nc(-c2ccco2)n[nH]1)NCCCN(CC)c1ccccc1.I. The van der Waals surface area contributed by atoms with Crippen LogP contribution < -0.4 is 15.5 Å². The topological polar surface area (TPSA) is 94.4 Å². The maximum atomic E-state index is 5.31. The van der Waals surface area contributed by atoms with Gasteiger partial charge in [0.1, 0.15) is 12.4 Å². The largest absolute Gasteiger partial charge is 0.461 e. The lowest BCUT2D eigenvalue weighted by Crippen LogP contribution is -2.38. The number of para-hydroxylation sites is 1. The summed E-state index contributed by atoms with van der Waals surface area (Å²) >= 11 is 0. The van der Waals surface area contributed by atoms with Gasteiger partial charge in [0.15, 0.2) is 11.7 Å². The summed E-state index contributed by atoms with van der Waals surface area (Å²) in [5.74, 6) is 2.64. The van der Waals surface area contributed by atoms with E-state index in [4.69, 9.17) is 4.42 Å². The molecule has 9 heteroatoms. The van der Waals surface area contributed by atoms with Crippen LogP contribution in [0.3, 0.4) is 0 Å². The third-order valence-electron chi connectivity index (χ3n) is 4.40. The Morgan fingerprint density at radius 3 is 2.67 bits per heavy atom. The lowest BCUT2D eigenvalue weighted by molar-refractivity contribution is 0.577. The molecule has 162 valence electrons. The number of nitrogens with one attached hydrogen (secondary N) is 3. The Balaban J connectivity index is 0.00000320.